The molecule has 0 radical (unpaired) electrons. The van der Waals surface area contributed by atoms with Crippen molar-refractivity contribution in [2.45, 2.75) is 29.8 Å². The predicted octanol–water partition coefficient (Wildman–Crippen LogP) is -0.417. The highest BCUT2D eigenvalue weighted by atomic mass is 32.2. The molecule has 0 saturated heterocycles. The Bertz CT molecular complexity index is 656. The molecule has 1 aromatic rings. The molecule has 1 aliphatic carbocycles. The topological polar surface area (TPSA) is 92.5 Å². The summed E-state index contributed by atoms with van der Waals surface area (Å²) in [5.74, 6) is -0.0262. The number of carbonyl (C=O) groups is 1. The van der Waals surface area contributed by atoms with Crippen molar-refractivity contribution in [2.75, 3.05) is 11.9 Å². The number of hydrogen-bond acceptors (Lipinski definition) is 4. The Labute approximate surface area is 111 Å². The lowest BCUT2D eigenvalue weighted by atomic mass is 10.2. The minimum absolute atomic E-state index is 0.0262. The van der Waals surface area contributed by atoms with Gasteiger partial charge in [0, 0.05) is 24.8 Å². The Morgan fingerprint density at radius 1 is 1.42 bits per heavy atom. The molecule has 3 rings (SSSR count). The first kappa shape index (κ1) is 12.6. The van der Waals surface area contributed by atoms with Crippen molar-refractivity contribution in [3.05, 3.63) is 23.8 Å². The Kier molecular flexibility index (Phi) is 2.67. The predicted molar refractivity (Wildman–Crippen MR) is 70.3 cm³/mol. The van der Waals surface area contributed by atoms with E-state index in [0.717, 1.165) is 11.3 Å². The zero-order chi connectivity index (χ0) is 13.8. The molecule has 1 fully saturated rings. The van der Waals surface area contributed by atoms with Gasteiger partial charge in [-0.25, -0.2) is 13.1 Å². The summed E-state index contributed by atoms with van der Waals surface area (Å²) in [6.07, 6.45) is 0.920. The number of fused-ring (bicyclic) bond motifs is 1. The first-order chi connectivity index (χ1) is 8.88. The van der Waals surface area contributed by atoms with Gasteiger partial charge in [0.1, 0.15) is 0 Å². The zero-order valence-electron chi connectivity index (χ0n) is 10.5. The SMILES string of the molecule is CN1C(=O)Cc2cc(S(=O)(=O)NC3CC3N)ccc21. The van der Waals surface area contributed by atoms with E-state index in [1.807, 2.05) is 0 Å². The molecule has 1 heterocycles. The van der Waals surface area contributed by atoms with Crippen LogP contribution >= 0.6 is 0 Å². The summed E-state index contributed by atoms with van der Waals surface area (Å²) in [6, 6.07) is 4.50. The fourth-order valence-corrected chi connectivity index (χ4v) is 3.58. The van der Waals surface area contributed by atoms with Gasteiger partial charge in [0.15, 0.2) is 0 Å². The maximum absolute atomic E-state index is 12.1. The number of nitrogens with two attached hydrogens (primary N) is 1. The number of nitrogens with one attached hydrogen (secondary N) is 1. The molecule has 0 aromatic heterocycles. The van der Waals surface area contributed by atoms with E-state index >= 15 is 0 Å². The smallest absolute Gasteiger partial charge is 0.240 e. The van der Waals surface area contributed by atoms with Gasteiger partial charge in [0.25, 0.3) is 0 Å². The minimum atomic E-state index is -3.55. The molecule has 1 aliphatic heterocycles. The molecule has 1 aromatic carbocycles. The van der Waals surface area contributed by atoms with Crippen molar-refractivity contribution >= 4 is 21.6 Å². The van der Waals surface area contributed by atoms with Crippen LogP contribution in [0.5, 0.6) is 0 Å². The summed E-state index contributed by atoms with van der Waals surface area (Å²) in [5, 5.41) is 0. The molecule has 1 amide bonds. The maximum atomic E-state index is 12.1. The Morgan fingerprint density at radius 2 is 2.11 bits per heavy atom. The third-order valence-electron chi connectivity index (χ3n) is 3.58. The van der Waals surface area contributed by atoms with Crippen LogP contribution < -0.4 is 15.4 Å². The van der Waals surface area contributed by atoms with Crippen LogP contribution in [-0.4, -0.2) is 33.5 Å². The molecule has 6 nitrogen and oxygen atoms in total. The number of sulfonamides is 1. The lowest BCUT2D eigenvalue weighted by Crippen LogP contribution is -2.29. The number of likely N-dealkylation sites (N-methyl/N-ethyl adjacent to an activating group) is 1. The summed E-state index contributed by atoms with van der Waals surface area (Å²) in [5.41, 5.74) is 7.12. The van der Waals surface area contributed by atoms with Gasteiger partial charge in [-0.15, -0.1) is 0 Å². The van der Waals surface area contributed by atoms with Gasteiger partial charge in [0.2, 0.25) is 15.9 Å². The Hall–Kier alpha value is -1.44. The van der Waals surface area contributed by atoms with Gasteiger partial charge in [-0.1, -0.05) is 0 Å². The summed E-state index contributed by atoms with van der Waals surface area (Å²) in [7, 11) is -1.86. The van der Waals surface area contributed by atoms with Crippen LogP contribution in [-0.2, 0) is 21.2 Å². The van der Waals surface area contributed by atoms with Gasteiger partial charge in [0.05, 0.1) is 11.3 Å². The van der Waals surface area contributed by atoms with Gasteiger partial charge >= 0.3 is 0 Å². The van der Waals surface area contributed by atoms with Crippen molar-refractivity contribution in [3.8, 4) is 0 Å². The second-order valence-electron chi connectivity index (χ2n) is 5.05. The molecule has 1 saturated carbocycles. The molecule has 0 spiro atoms. The summed E-state index contributed by atoms with van der Waals surface area (Å²) < 4.78 is 26.8. The van der Waals surface area contributed by atoms with Crippen molar-refractivity contribution in [1.82, 2.24) is 4.72 Å². The summed E-state index contributed by atoms with van der Waals surface area (Å²) in [6.45, 7) is 0. The molecule has 19 heavy (non-hydrogen) atoms. The third-order valence-corrected chi connectivity index (χ3v) is 5.07. The molecule has 102 valence electrons. The highest BCUT2D eigenvalue weighted by molar-refractivity contribution is 7.89. The van der Waals surface area contributed by atoms with E-state index < -0.39 is 10.0 Å². The van der Waals surface area contributed by atoms with Crippen LogP contribution in [0, 0.1) is 0 Å². The molecular weight excluding hydrogens is 266 g/mol. The van der Waals surface area contributed by atoms with Crippen molar-refractivity contribution < 1.29 is 13.2 Å². The number of benzene rings is 1. The monoisotopic (exact) mass is 281 g/mol. The first-order valence-corrected chi connectivity index (χ1v) is 7.54. The van der Waals surface area contributed by atoms with E-state index in [-0.39, 0.29) is 29.3 Å². The lowest BCUT2D eigenvalue weighted by molar-refractivity contribution is -0.117. The van der Waals surface area contributed by atoms with Crippen LogP contribution in [0.4, 0.5) is 5.69 Å². The summed E-state index contributed by atoms with van der Waals surface area (Å²) in [4.78, 5) is 13.3. The minimum Gasteiger partial charge on any atom is -0.326 e. The number of anilines is 1. The van der Waals surface area contributed by atoms with Crippen molar-refractivity contribution in [2.24, 2.45) is 5.73 Å². The van der Waals surface area contributed by atoms with E-state index in [9.17, 15) is 13.2 Å². The largest absolute Gasteiger partial charge is 0.326 e. The van der Waals surface area contributed by atoms with E-state index in [4.69, 9.17) is 5.73 Å². The van der Waals surface area contributed by atoms with Crippen LogP contribution in [0.2, 0.25) is 0 Å². The second-order valence-corrected chi connectivity index (χ2v) is 6.76. The van der Waals surface area contributed by atoms with Gasteiger partial charge in [-0.05, 0) is 30.2 Å². The highest BCUT2D eigenvalue weighted by Crippen LogP contribution is 2.30. The van der Waals surface area contributed by atoms with E-state index in [1.54, 1.807) is 19.2 Å². The number of carbonyl (C=O) groups excluding carboxylic acids is 1. The lowest BCUT2D eigenvalue weighted by Gasteiger charge is -2.11. The quantitative estimate of drug-likeness (QED) is 0.787. The van der Waals surface area contributed by atoms with Crippen LogP contribution in [0.1, 0.15) is 12.0 Å². The third kappa shape index (κ3) is 2.13. The highest BCUT2D eigenvalue weighted by Gasteiger charge is 2.37. The van der Waals surface area contributed by atoms with Crippen LogP contribution in [0.3, 0.4) is 0 Å². The first-order valence-electron chi connectivity index (χ1n) is 6.06. The number of nitrogens with zero attached hydrogens (tertiary/aromatic N) is 1. The van der Waals surface area contributed by atoms with E-state index in [0.29, 0.717) is 6.42 Å². The fourth-order valence-electron chi connectivity index (χ4n) is 2.23. The van der Waals surface area contributed by atoms with Crippen LogP contribution in [0.15, 0.2) is 23.1 Å². The van der Waals surface area contributed by atoms with Crippen molar-refractivity contribution in [3.63, 3.8) is 0 Å². The number of rotatable bonds is 3. The molecule has 7 heteroatoms. The standard InChI is InChI=1S/C12H15N3O3S/c1-15-11-3-2-8(4-7(11)5-12(15)16)19(17,18)14-10-6-9(10)13/h2-4,9-10,14H,5-6,13H2,1H3. The van der Waals surface area contributed by atoms with Gasteiger partial charge < -0.3 is 10.6 Å². The number of amides is 1. The molecule has 2 unspecified atom stereocenters. The zero-order valence-corrected chi connectivity index (χ0v) is 11.3. The molecule has 2 aliphatic rings. The average Bonchev–Trinajstić information content (AvgIpc) is 2.94. The average molecular weight is 281 g/mol. The van der Waals surface area contributed by atoms with Crippen molar-refractivity contribution in [1.29, 1.82) is 0 Å². The Morgan fingerprint density at radius 3 is 2.74 bits per heavy atom. The molecule has 3 N–H and O–H groups in total. The molecular formula is C12H15N3O3S. The van der Waals surface area contributed by atoms with E-state index in [2.05, 4.69) is 4.72 Å². The number of hydrogen-bond donors (Lipinski definition) is 2. The normalized spacial score (nSPS) is 25.6. The Balaban J connectivity index is 1.91. The summed E-state index contributed by atoms with van der Waals surface area (Å²) >= 11 is 0. The molecule has 2 atom stereocenters. The molecule has 0 bridgehead atoms. The maximum Gasteiger partial charge on any atom is 0.240 e. The second kappa shape index (κ2) is 4.03. The van der Waals surface area contributed by atoms with E-state index in [1.165, 1.54) is 11.0 Å². The van der Waals surface area contributed by atoms with Gasteiger partial charge in [-0.2, -0.15) is 0 Å². The van der Waals surface area contributed by atoms with Gasteiger partial charge in [-0.3, -0.25) is 4.79 Å². The van der Waals surface area contributed by atoms with Crippen LogP contribution in [0.25, 0.3) is 0 Å². The fraction of sp³-hybridized carbons (Fsp3) is 0.417.